The topological polar surface area (TPSA) is 31.2 Å². The summed E-state index contributed by atoms with van der Waals surface area (Å²) in [5.41, 5.74) is 6.49. The maximum absolute atomic E-state index is 11.8. The van der Waals surface area contributed by atoms with Crippen LogP contribution in [0.4, 0.5) is 0 Å². The number of aryl methyl sites for hydroxylation is 3. The number of carbonyl (C=O) groups excluding carboxylic acids is 1. The number of rotatable bonds is 4. The molecule has 0 radical (unpaired) electrons. The molecule has 3 aromatic rings. The van der Waals surface area contributed by atoms with Crippen LogP contribution >= 0.6 is 0 Å². The monoisotopic (exact) mass is 317 g/mol. The molecule has 1 aromatic heterocycles. The second-order valence-electron chi connectivity index (χ2n) is 6.06. The van der Waals surface area contributed by atoms with Gasteiger partial charge in [0.2, 0.25) is 0 Å². The van der Waals surface area contributed by atoms with E-state index in [2.05, 4.69) is 59.7 Å². The maximum atomic E-state index is 11.8. The van der Waals surface area contributed by atoms with Crippen LogP contribution < -0.4 is 0 Å². The first-order valence-electron chi connectivity index (χ1n) is 8.28. The van der Waals surface area contributed by atoms with E-state index >= 15 is 0 Å². The second-order valence-corrected chi connectivity index (χ2v) is 6.06. The molecular formula is C21H19NO2. The van der Waals surface area contributed by atoms with Crippen molar-refractivity contribution in [3.63, 3.8) is 0 Å². The molecule has 0 saturated carbocycles. The van der Waals surface area contributed by atoms with Gasteiger partial charge in [-0.15, -0.1) is 0 Å². The van der Waals surface area contributed by atoms with E-state index in [4.69, 9.17) is 4.74 Å². The zero-order valence-electron chi connectivity index (χ0n) is 13.5. The van der Waals surface area contributed by atoms with Gasteiger partial charge in [0.15, 0.2) is 0 Å². The van der Waals surface area contributed by atoms with Crippen molar-refractivity contribution in [3.8, 4) is 11.3 Å². The molecule has 2 aromatic carbocycles. The van der Waals surface area contributed by atoms with Gasteiger partial charge in [0.1, 0.15) is 0 Å². The summed E-state index contributed by atoms with van der Waals surface area (Å²) >= 11 is 0. The number of hydrogen-bond donors (Lipinski definition) is 0. The number of hydrogen-bond acceptors (Lipinski definition) is 2. The molecule has 0 fully saturated rings. The summed E-state index contributed by atoms with van der Waals surface area (Å²) in [7, 11) is 0. The molecule has 120 valence electrons. The lowest BCUT2D eigenvalue weighted by atomic mass is 9.89. The van der Waals surface area contributed by atoms with E-state index in [0.717, 1.165) is 12.8 Å². The van der Waals surface area contributed by atoms with E-state index in [1.54, 1.807) is 0 Å². The van der Waals surface area contributed by atoms with Gasteiger partial charge in [0.05, 0.1) is 18.4 Å². The minimum atomic E-state index is -0.249. The predicted molar refractivity (Wildman–Crippen MR) is 95.7 cm³/mol. The first kappa shape index (κ1) is 14.8. The Hall–Kier alpha value is -2.81. The zero-order valence-corrected chi connectivity index (χ0v) is 13.5. The Morgan fingerprint density at radius 1 is 1.12 bits per heavy atom. The van der Waals surface area contributed by atoms with Crippen molar-refractivity contribution >= 4 is 16.9 Å². The third-order valence-electron chi connectivity index (χ3n) is 4.75. The van der Waals surface area contributed by atoms with E-state index in [1.807, 2.05) is 0 Å². The minimum Gasteiger partial charge on any atom is -0.435 e. The van der Waals surface area contributed by atoms with Crippen LogP contribution in [0.3, 0.4) is 0 Å². The number of benzene rings is 2. The van der Waals surface area contributed by atoms with Crippen molar-refractivity contribution in [3.05, 3.63) is 72.5 Å². The van der Waals surface area contributed by atoms with E-state index in [0.29, 0.717) is 13.0 Å². The number of fused-ring (bicyclic) bond motifs is 5. The lowest BCUT2D eigenvalue weighted by Crippen LogP contribution is -2.10. The number of ether oxygens (including phenoxy) is 1. The van der Waals surface area contributed by atoms with E-state index in [9.17, 15) is 4.79 Å². The summed E-state index contributed by atoms with van der Waals surface area (Å²) < 4.78 is 7.15. The SMILES string of the molecule is C=COC(=O)CCn1c2c(c3ccccc31)CCc1ccccc1-2. The fourth-order valence-electron chi connectivity index (χ4n) is 3.75. The van der Waals surface area contributed by atoms with Gasteiger partial charge in [-0.1, -0.05) is 49.0 Å². The highest BCUT2D eigenvalue weighted by Crippen LogP contribution is 2.40. The molecule has 1 aliphatic carbocycles. The molecule has 0 atom stereocenters. The van der Waals surface area contributed by atoms with Crippen LogP contribution in [0.25, 0.3) is 22.2 Å². The van der Waals surface area contributed by atoms with Crippen LogP contribution in [0.15, 0.2) is 61.4 Å². The zero-order chi connectivity index (χ0) is 16.5. The summed E-state index contributed by atoms with van der Waals surface area (Å²) in [5, 5.41) is 1.29. The summed E-state index contributed by atoms with van der Waals surface area (Å²) in [6, 6.07) is 17.0. The van der Waals surface area contributed by atoms with E-state index in [-0.39, 0.29) is 5.97 Å². The highest BCUT2D eigenvalue weighted by molar-refractivity contribution is 5.93. The van der Waals surface area contributed by atoms with Crippen LogP contribution in [0.1, 0.15) is 17.5 Å². The quantitative estimate of drug-likeness (QED) is 0.524. The molecule has 1 aliphatic rings. The molecule has 0 saturated heterocycles. The Labute approximate surface area is 141 Å². The Morgan fingerprint density at radius 3 is 2.79 bits per heavy atom. The smallest absolute Gasteiger partial charge is 0.312 e. The number of nitrogens with zero attached hydrogens (tertiary/aromatic N) is 1. The van der Waals surface area contributed by atoms with Crippen molar-refractivity contribution in [2.45, 2.75) is 25.8 Å². The van der Waals surface area contributed by atoms with Gasteiger partial charge in [-0.05, 0) is 30.0 Å². The fraction of sp³-hybridized carbons (Fsp3) is 0.190. The Bertz CT molecular complexity index is 936. The Balaban J connectivity index is 1.87. The lowest BCUT2D eigenvalue weighted by Gasteiger charge is -2.19. The average molecular weight is 317 g/mol. The van der Waals surface area contributed by atoms with Crippen LogP contribution in [0.2, 0.25) is 0 Å². The molecule has 0 N–H and O–H groups in total. The predicted octanol–water partition coefficient (Wildman–Crippen LogP) is 4.48. The highest BCUT2D eigenvalue weighted by atomic mass is 16.5. The summed E-state index contributed by atoms with van der Waals surface area (Å²) in [5.74, 6) is -0.249. The highest BCUT2D eigenvalue weighted by Gasteiger charge is 2.24. The number of esters is 1. The molecule has 0 unspecified atom stereocenters. The molecule has 3 heteroatoms. The van der Waals surface area contributed by atoms with Gasteiger partial charge in [-0.2, -0.15) is 0 Å². The lowest BCUT2D eigenvalue weighted by molar-refractivity contribution is -0.138. The molecule has 0 bridgehead atoms. The molecule has 0 amide bonds. The molecule has 1 heterocycles. The normalized spacial score (nSPS) is 12.5. The van der Waals surface area contributed by atoms with Gasteiger partial charge in [0.25, 0.3) is 0 Å². The largest absolute Gasteiger partial charge is 0.435 e. The minimum absolute atomic E-state index is 0.249. The Kier molecular flexibility index (Phi) is 3.69. The van der Waals surface area contributed by atoms with Gasteiger partial charge in [-0.3, -0.25) is 4.79 Å². The first-order valence-corrected chi connectivity index (χ1v) is 8.28. The molecule has 24 heavy (non-hydrogen) atoms. The number of aromatic nitrogens is 1. The van der Waals surface area contributed by atoms with Gasteiger partial charge in [-0.25, -0.2) is 0 Å². The molecule has 3 nitrogen and oxygen atoms in total. The second kappa shape index (κ2) is 6.00. The summed E-state index contributed by atoms with van der Waals surface area (Å²) in [6.45, 7) is 4.05. The van der Waals surface area contributed by atoms with Crippen molar-refractivity contribution < 1.29 is 9.53 Å². The molecule has 0 aliphatic heterocycles. The maximum Gasteiger partial charge on any atom is 0.312 e. The molecule has 0 spiro atoms. The van der Waals surface area contributed by atoms with E-state index < -0.39 is 0 Å². The summed E-state index contributed by atoms with van der Waals surface area (Å²) in [6.07, 6.45) is 3.63. The first-order chi connectivity index (χ1) is 11.8. The van der Waals surface area contributed by atoms with Gasteiger partial charge >= 0.3 is 5.97 Å². The van der Waals surface area contributed by atoms with Crippen molar-refractivity contribution in [2.75, 3.05) is 0 Å². The third-order valence-corrected chi connectivity index (χ3v) is 4.75. The average Bonchev–Trinajstić information content (AvgIpc) is 2.94. The number of carbonyl (C=O) groups is 1. The third kappa shape index (κ3) is 2.33. The van der Waals surface area contributed by atoms with Gasteiger partial charge in [0, 0.05) is 23.0 Å². The van der Waals surface area contributed by atoms with Crippen LogP contribution in [0, 0.1) is 0 Å². The van der Waals surface area contributed by atoms with Crippen molar-refractivity contribution in [2.24, 2.45) is 0 Å². The van der Waals surface area contributed by atoms with Crippen molar-refractivity contribution in [1.29, 1.82) is 0 Å². The van der Waals surface area contributed by atoms with Gasteiger partial charge < -0.3 is 9.30 Å². The molecular weight excluding hydrogens is 298 g/mol. The fourth-order valence-corrected chi connectivity index (χ4v) is 3.75. The van der Waals surface area contributed by atoms with Crippen LogP contribution in [0.5, 0.6) is 0 Å². The standard InChI is InChI=1S/C21H19NO2/c1-2-24-20(23)13-14-22-19-10-6-5-9-17(19)18-12-11-15-7-3-4-8-16(15)21(18)22/h2-10H,1,11-14H2. The summed E-state index contributed by atoms with van der Waals surface area (Å²) in [4.78, 5) is 11.8. The molecule has 4 rings (SSSR count). The van der Waals surface area contributed by atoms with E-state index in [1.165, 1.54) is 39.5 Å². The van der Waals surface area contributed by atoms with Crippen molar-refractivity contribution in [1.82, 2.24) is 4.57 Å². The number of para-hydroxylation sites is 1. The Morgan fingerprint density at radius 2 is 1.92 bits per heavy atom. The van der Waals surface area contributed by atoms with Crippen LogP contribution in [-0.2, 0) is 28.9 Å². The van der Waals surface area contributed by atoms with Crippen LogP contribution in [-0.4, -0.2) is 10.5 Å².